The molecule has 1 aromatic rings. The predicted molar refractivity (Wildman–Crippen MR) is 59.4 cm³/mol. The number of hydrogen-bond donors (Lipinski definition) is 0. The van der Waals surface area contributed by atoms with Crippen LogP contribution in [0.25, 0.3) is 10.4 Å². The van der Waals surface area contributed by atoms with Gasteiger partial charge in [0.05, 0.1) is 6.04 Å². The first-order valence-corrected chi connectivity index (χ1v) is 5.50. The lowest BCUT2D eigenvalue weighted by Crippen LogP contribution is -2.18. The smallest absolute Gasteiger partial charge is 0.0753 e. The number of nitrogens with zero attached hydrogens (tertiary/aromatic N) is 3. The second-order valence-corrected chi connectivity index (χ2v) is 4.58. The van der Waals surface area contributed by atoms with Crippen LogP contribution >= 0.6 is 15.9 Å². The van der Waals surface area contributed by atoms with Crippen LogP contribution in [0, 0.1) is 0 Å². The number of rotatable bonds is 1. The molecule has 2 atom stereocenters. The molecule has 0 fully saturated rings. The van der Waals surface area contributed by atoms with E-state index in [1.165, 1.54) is 11.1 Å². The van der Waals surface area contributed by atoms with Crippen molar-refractivity contribution in [3.05, 3.63) is 45.8 Å². The number of hydrogen-bond acceptors (Lipinski definition) is 1. The van der Waals surface area contributed by atoms with E-state index in [-0.39, 0.29) is 10.9 Å². The molecule has 0 saturated carbocycles. The maximum atomic E-state index is 8.50. The van der Waals surface area contributed by atoms with E-state index in [1.807, 2.05) is 18.2 Å². The average Bonchev–Trinajstić information content (AvgIpc) is 2.23. The lowest BCUT2D eigenvalue weighted by molar-refractivity contribution is 0.592. The van der Waals surface area contributed by atoms with Crippen LogP contribution in [-0.4, -0.2) is 4.83 Å². The summed E-state index contributed by atoms with van der Waals surface area (Å²) in [6.07, 6.45) is 2.09. The van der Waals surface area contributed by atoms with E-state index in [4.69, 9.17) is 5.53 Å². The van der Waals surface area contributed by atoms with Crippen LogP contribution in [-0.2, 0) is 6.42 Å². The Morgan fingerprint density at radius 1 is 1.43 bits per heavy atom. The van der Waals surface area contributed by atoms with Gasteiger partial charge in [-0.05, 0) is 29.5 Å². The highest BCUT2D eigenvalue weighted by Crippen LogP contribution is 2.36. The van der Waals surface area contributed by atoms with Crippen LogP contribution in [0.4, 0.5) is 0 Å². The minimum atomic E-state index is -0.0510. The van der Waals surface area contributed by atoms with Crippen molar-refractivity contribution >= 4 is 15.9 Å². The van der Waals surface area contributed by atoms with Crippen LogP contribution in [0.1, 0.15) is 23.6 Å². The molecule has 1 aliphatic rings. The number of azide groups is 1. The van der Waals surface area contributed by atoms with E-state index in [0.717, 1.165) is 12.8 Å². The van der Waals surface area contributed by atoms with Crippen molar-refractivity contribution in [2.24, 2.45) is 5.11 Å². The first kappa shape index (κ1) is 9.56. The van der Waals surface area contributed by atoms with Crippen molar-refractivity contribution in [1.82, 2.24) is 0 Å². The first-order chi connectivity index (χ1) is 6.83. The molecule has 0 spiro atoms. The number of halogens is 1. The van der Waals surface area contributed by atoms with Gasteiger partial charge in [0.15, 0.2) is 0 Å². The molecule has 0 saturated heterocycles. The average molecular weight is 252 g/mol. The van der Waals surface area contributed by atoms with E-state index in [9.17, 15) is 0 Å². The Labute approximate surface area is 90.9 Å². The maximum absolute atomic E-state index is 8.50. The van der Waals surface area contributed by atoms with Crippen molar-refractivity contribution in [1.29, 1.82) is 0 Å². The number of alkyl halides is 1. The second-order valence-electron chi connectivity index (χ2n) is 3.40. The van der Waals surface area contributed by atoms with Crippen LogP contribution in [0.5, 0.6) is 0 Å². The van der Waals surface area contributed by atoms with E-state index in [1.54, 1.807) is 0 Å². The van der Waals surface area contributed by atoms with Gasteiger partial charge in [-0.2, -0.15) is 0 Å². The summed E-state index contributed by atoms with van der Waals surface area (Å²) in [5, 5.41) is 3.84. The third-order valence-corrected chi connectivity index (χ3v) is 3.54. The molecule has 3 nitrogen and oxygen atoms in total. The quantitative estimate of drug-likeness (QED) is 0.316. The summed E-state index contributed by atoms with van der Waals surface area (Å²) < 4.78 is 0. The summed E-state index contributed by atoms with van der Waals surface area (Å²) in [4.78, 5) is 3.18. The largest absolute Gasteiger partial charge is 0.0883 e. The maximum Gasteiger partial charge on any atom is 0.0753 e. The third-order valence-electron chi connectivity index (χ3n) is 2.58. The van der Waals surface area contributed by atoms with Crippen molar-refractivity contribution in [2.45, 2.75) is 23.7 Å². The minimum absolute atomic E-state index is 0.0510. The molecule has 1 aromatic carbocycles. The fourth-order valence-corrected chi connectivity index (χ4v) is 2.51. The standard InChI is InChI=1S/C10H10BrN3/c11-9-6-5-7-3-1-2-4-8(7)10(9)13-14-12/h1-4,9-10H,5-6H2/t9-,10-/m0/s1. The van der Waals surface area contributed by atoms with Gasteiger partial charge in [0, 0.05) is 9.74 Å². The van der Waals surface area contributed by atoms with E-state index in [2.05, 4.69) is 32.0 Å². The summed E-state index contributed by atoms with van der Waals surface area (Å²) in [6, 6.07) is 8.12. The lowest BCUT2D eigenvalue weighted by Gasteiger charge is -2.26. The van der Waals surface area contributed by atoms with Gasteiger partial charge in [-0.25, -0.2) is 0 Å². The van der Waals surface area contributed by atoms with Crippen LogP contribution in [0.15, 0.2) is 29.4 Å². The lowest BCUT2D eigenvalue weighted by atomic mass is 9.88. The normalized spacial score (nSPS) is 24.9. The summed E-state index contributed by atoms with van der Waals surface area (Å²) in [6.45, 7) is 0. The minimum Gasteiger partial charge on any atom is -0.0883 e. The number of fused-ring (bicyclic) bond motifs is 1. The van der Waals surface area contributed by atoms with Gasteiger partial charge < -0.3 is 0 Å². The molecule has 2 rings (SSSR count). The van der Waals surface area contributed by atoms with Gasteiger partial charge in [0.2, 0.25) is 0 Å². The van der Waals surface area contributed by atoms with Crippen LogP contribution in [0.3, 0.4) is 0 Å². The summed E-state index contributed by atoms with van der Waals surface area (Å²) >= 11 is 3.56. The fourth-order valence-electron chi connectivity index (χ4n) is 1.89. The SMILES string of the molecule is [N-]=[N+]=N[C@H]1c2ccccc2CC[C@@H]1Br. The highest BCUT2D eigenvalue weighted by molar-refractivity contribution is 9.09. The summed E-state index contributed by atoms with van der Waals surface area (Å²) in [5.74, 6) is 0. The van der Waals surface area contributed by atoms with Gasteiger partial charge >= 0.3 is 0 Å². The molecule has 72 valence electrons. The molecule has 0 bridgehead atoms. The van der Waals surface area contributed by atoms with Gasteiger partial charge in [0.1, 0.15) is 0 Å². The fraction of sp³-hybridized carbons (Fsp3) is 0.400. The summed E-state index contributed by atoms with van der Waals surface area (Å²) in [7, 11) is 0. The molecule has 0 aromatic heterocycles. The molecule has 14 heavy (non-hydrogen) atoms. The Balaban J connectivity index is 2.45. The van der Waals surface area contributed by atoms with E-state index >= 15 is 0 Å². The molecule has 0 N–H and O–H groups in total. The van der Waals surface area contributed by atoms with Crippen molar-refractivity contribution in [2.75, 3.05) is 0 Å². The van der Waals surface area contributed by atoms with Crippen molar-refractivity contribution in [3.8, 4) is 0 Å². The van der Waals surface area contributed by atoms with Gasteiger partial charge in [0.25, 0.3) is 0 Å². The molecular weight excluding hydrogens is 242 g/mol. The molecule has 4 heteroatoms. The molecule has 0 aliphatic heterocycles. The highest BCUT2D eigenvalue weighted by atomic mass is 79.9. The predicted octanol–water partition coefficient (Wildman–Crippen LogP) is 3.75. The first-order valence-electron chi connectivity index (χ1n) is 4.59. The molecule has 1 aliphatic carbocycles. The third kappa shape index (κ3) is 1.63. The Hall–Kier alpha value is -0.990. The Morgan fingerprint density at radius 3 is 3.00 bits per heavy atom. The highest BCUT2D eigenvalue weighted by Gasteiger charge is 2.26. The van der Waals surface area contributed by atoms with Gasteiger partial charge in [-0.1, -0.05) is 45.3 Å². The molecule has 0 unspecified atom stereocenters. The molecule has 0 heterocycles. The topological polar surface area (TPSA) is 48.8 Å². The van der Waals surface area contributed by atoms with Gasteiger partial charge in [-0.3, -0.25) is 0 Å². The monoisotopic (exact) mass is 251 g/mol. The van der Waals surface area contributed by atoms with E-state index in [0.29, 0.717) is 0 Å². The van der Waals surface area contributed by atoms with Gasteiger partial charge in [-0.15, -0.1) is 0 Å². The second kappa shape index (κ2) is 4.03. The van der Waals surface area contributed by atoms with Crippen LogP contribution < -0.4 is 0 Å². The zero-order chi connectivity index (χ0) is 9.97. The molecular formula is C10H10BrN3. The Bertz CT molecular complexity index is 385. The van der Waals surface area contributed by atoms with Crippen LogP contribution in [0.2, 0.25) is 0 Å². The summed E-state index contributed by atoms with van der Waals surface area (Å²) in [5.41, 5.74) is 11.0. The Kier molecular flexibility index (Phi) is 2.75. The Morgan fingerprint density at radius 2 is 2.21 bits per heavy atom. The molecule has 0 amide bonds. The van der Waals surface area contributed by atoms with Crippen molar-refractivity contribution < 1.29 is 0 Å². The van der Waals surface area contributed by atoms with E-state index < -0.39 is 0 Å². The number of aryl methyl sites for hydroxylation is 1. The molecule has 0 radical (unpaired) electrons. The number of benzene rings is 1. The zero-order valence-corrected chi connectivity index (χ0v) is 9.18. The van der Waals surface area contributed by atoms with Crippen molar-refractivity contribution in [3.63, 3.8) is 0 Å². The zero-order valence-electron chi connectivity index (χ0n) is 7.60.